The van der Waals surface area contributed by atoms with E-state index >= 15 is 0 Å². The normalized spacial score (nSPS) is 12.6. The molecule has 0 unspecified atom stereocenters. The Morgan fingerprint density at radius 2 is 1.83 bits per heavy atom. The average molecular weight is 336 g/mol. The number of carbonyl (C=O) groups is 1. The zero-order valence-corrected chi connectivity index (χ0v) is 13.1. The Balaban J connectivity index is 2.14. The summed E-state index contributed by atoms with van der Waals surface area (Å²) in [4.78, 5) is 18.4. The largest absolute Gasteiger partial charge is 0.481 e. The molecule has 0 amide bonds. The Hall–Kier alpha value is -2.52. The fourth-order valence-corrected chi connectivity index (χ4v) is 2.74. The Bertz CT molecular complexity index is 789. The fourth-order valence-electron chi connectivity index (χ4n) is 1.78. The third-order valence-corrected chi connectivity index (χ3v) is 4.40. The van der Waals surface area contributed by atoms with Gasteiger partial charge in [-0.05, 0) is 19.1 Å². The maximum atomic E-state index is 12.2. The Kier molecular flexibility index (Phi) is 4.92. The van der Waals surface area contributed by atoms with Crippen LogP contribution in [0.1, 0.15) is 23.6 Å². The van der Waals surface area contributed by atoms with E-state index in [0.717, 1.165) is 5.56 Å². The van der Waals surface area contributed by atoms with Gasteiger partial charge in [0.2, 0.25) is 5.95 Å². The van der Waals surface area contributed by atoms with Crippen molar-refractivity contribution in [2.45, 2.75) is 24.3 Å². The van der Waals surface area contributed by atoms with Gasteiger partial charge in [-0.15, -0.1) is 0 Å². The summed E-state index contributed by atoms with van der Waals surface area (Å²) in [7, 11) is -3.78. The third kappa shape index (κ3) is 4.47. The van der Waals surface area contributed by atoms with Crippen LogP contribution in [0.4, 0.5) is 5.95 Å². The van der Waals surface area contributed by atoms with Crippen molar-refractivity contribution in [3.63, 3.8) is 0 Å². The van der Waals surface area contributed by atoms with E-state index in [2.05, 4.69) is 14.7 Å². The lowest BCUT2D eigenvalue weighted by Crippen LogP contribution is -2.17. The number of hydrogen-bond acceptors (Lipinski definition) is 6. The Morgan fingerprint density at radius 3 is 2.35 bits per heavy atom. The molecule has 0 aliphatic rings. The molecule has 4 N–H and O–H groups in total. The zero-order valence-electron chi connectivity index (χ0n) is 12.3. The molecule has 1 heterocycles. The van der Waals surface area contributed by atoms with Crippen LogP contribution < -0.4 is 10.5 Å². The maximum Gasteiger partial charge on any atom is 0.305 e. The first-order chi connectivity index (χ1) is 10.8. The molecule has 0 bridgehead atoms. The monoisotopic (exact) mass is 336 g/mol. The second-order valence-corrected chi connectivity index (χ2v) is 6.65. The number of nitrogens with one attached hydrogen (secondary N) is 1. The van der Waals surface area contributed by atoms with Crippen molar-refractivity contribution < 1.29 is 18.3 Å². The van der Waals surface area contributed by atoms with Crippen LogP contribution >= 0.6 is 0 Å². The number of rotatable bonds is 6. The molecule has 0 spiro atoms. The van der Waals surface area contributed by atoms with Gasteiger partial charge < -0.3 is 10.8 Å². The summed E-state index contributed by atoms with van der Waals surface area (Å²) in [5.41, 5.74) is 7.03. The summed E-state index contributed by atoms with van der Waals surface area (Å²) in [6.45, 7) is 1.85. The molecule has 2 aromatic rings. The van der Waals surface area contributed by atoms with Gasteiger partial charge in [-0.2, -0.15) is 0 Å². The van der Waals surface area contributed by atoms with E-state index in [1.807, 2.05) is 6.92 Å². The number of carboxylic acid groups (broad SMARTS) is 1. The molecule has 0 aliphatic carbocycles. The molecule has 0 radical (unpaired) electrons. The van der Waals surface area contributed by atoms with Gasteiger partial charge in [-0.1, -0.05) is 17.7 Å². The van der Waals surface area contributed by atoms with Crippen molar-refractivity contribution in [3.8, 4) is 0 Å². The lowest BCUT2D eigenvalue weighted by Gasteiger charge is -2.10. The molecule has 23 heavy (non-hydrogen) atoms. The van der Waals surface area contributed by atoms with Crippen LogP contribution in [0.25, 0.3) is 0 Å². The molecule has 0 aliphatic heterocycles. The Labute approximate surface area is 133 Å². The second-order valence-electron chi connectivity index (χ2n) is 4.96. The first kappa shape index (κ1) is 16.8. The summed E-state index contributed by atoms with van der Waals surface area (Å²) in [5, 5.41) is 8.69. The first-order valence-electron chi connectivity index (χ1n) is 6.67. The van der Waals surface area contributed by atoms with E-state index in [4.69, 9.17) is 10.8 Å². The third-order valence-electron chi connectivity index (χ3n) is 3.05. The summed E-state index contributed by atoms with van der Waals surface area (Å²) in [6, 6.07) is 5.58. The van der Waals surface area contributed by atoms with Crippen LogP contribution in [0.2, 0.25) is 0 Å². The van der Waals surface area contributed by atoms with Gasteiger partial charge in [0.1, 0.15) is 0 Å². The molecule has 8 nitrogen and oxygen atoms in total. The van der Waals surface area contributed by atoms with Crippen LogP contribution in [0.15, 0.2) is 41.6 Å². The highest BCUT2D eigenvalue weighted by atomic mass is 32.2. The minimum atomic E-state index is -3.78. The van der Waals surface area contributed by atoms with Crippen LogP contribution in [0.3, 0.4) is 0 Å². The summed E-state index contributed by atoms with van der Waals surface area (Å²) < 4.78 is 26.6. The van der Waals surface area contributed by atoms with E-state index in [-0.39, 0.29) is 17.3 Å². The standard InChI is InChI=1S/C14H16N4O4S/c1-9-2-4-11(5-3-9)23(21,22)18-14-16-7-10(8-17-14)12(15)6-13(19)20/h2-5,7-8,12H,6,15H2,1H3,(H,19,20)(H,16,17,18)/t12-/m1/s1. The van der Waals surface area contributed by atoms with Gasteiger partial charge >= 0.3 is 5.97 Å². The number of aryl methyl sites for hydroxylation is 1. The van der Waals surface area contributed by atoms with Gasteiger partial charge in [0.05, 0.1) is 11.3 Å². The fraction of sp³-hybridized carbons (Fsp3) is 0.214. The highest BCUT2D eigenvalue weighted by molar-refractivity contribution is 7.92. The molecule has 122 valence electrons. The average Bonchev–Trinajstić information content (AvgIpc) is 2.47. The first-order valence-corrected chi connectivity index (χ1v) is 8.15. The van der Waals surface area contributed by atoms with Crippen LogP contribution in [-0.4, -0.2) is 29.5 Å². The SMILES string of the molecule is Cc1ccc(S(=O)(=O)Nc2ncc([C@H](N)CC(=O)O)cn2)cc1. The van der Waals surface area contributed by atoms with Gasteiger partial charge in [0, 0.05) is 24.0 Å². The van der Waals surface area contributed by atoms with Gasteiger partial charge in [0.15, 0.2) is 0 Å². The van der Waals surface area contributed by atoms with Gasteiger partial charge in [-0.3, -0.25) is 4.79 Å². The molecule has 0 fully saturated rings. The van der Waals surface area contributed by atoms with Gasteiger partial charge in [-0.25, -0.2) is 23.1 Å². The van der Waals surface area contributed by atoms with E-state index in [1.54, 1.807) is 12.1 Å². The van der Waals surface area contributed by atoms with Crippen molar-refractivity contribution >= 4 is 21.9 Å². The Morgan fingerprint density at radius 1 is 1.26 bits per heavy atom. The van der Waals surface area contributed by atoms with E-state index < -0.39 is 22.0 Å². The summed E-state index contributed by atoms with van der Waals surface area (Å²) in [6.07, 6.45) is 2.33. The van der Waals surface area contributed by atoms with Crippen molar-refractivity contribution in [2.24, 2.45) is 5.73 Å². The van der Waals surface area contributed by atoms with Crippen molar-refractivity contribution in [3.05, 3.63) is 47.8 Å². The predicted molar refractivity (Wildman–Crippen MR) is 83.2 cm³/mol. The van der Waals surface area contributed by atoms with E-state index in [0.29, 0.717) is 5.56 Å². The van der Waals surface area contributed by atoms with Gasteiger partial charge in [0.25, 0.3) is 10.0 Å². The highest BCUT2D eigenvalue weighted by Gasteiger charge is 2.16. The zero-order chi connectivity index (χ0) is 17.0. The number of benzene rings is 1. The molecule has 0 saturated heterocycles. The lowest BCUT2D eigenvalue weighted by molar-refractivity contribution is -0.137. The maximum absolute atomic E-state index is 12.2. The van der Waals surface area contributed by atoms with E-state index in [1.165, 1.54) is 24.5 Å². The minimum absolute atomic E-state index is 0.0957. The molecule has 0 saturated carbocycles. The number of anilines is 1. The molecule has 1 aromatic heterocycles. The quantitative estimate of drug-likeness (QED) is 0.717. The topological polar surface area (TPSA) is 135 Å². The molecular formula is C14H16N4O4S. The molecule has 9 heteroatoms. The number of carboxylic acids is 1. The van der Waals surface area contributed by atoms with Crippen LogP contribution in [-0.2, 0) is 14.8 Å². The summed E-state index contributed by atoms with van der Waals surface area (Å²) in [5.74, 6) is -1.15. The van der Waals surface area contributed by atoms with Crippen molar-refractivity contribution in [1.82, 2.24) is 9.97 Å². The number of hydrogen-bond donors (Lipinski definition) is 3. The van der Waals surface area contributed by atoms with Crippen LogP contribution in [0, 0.1) is 6.92 Å². The molecular weight excluding hydrogens is 320 g/mol. The van der Waals surface area contributed by atoms with E-state index in [9.17, 15) is 13.2 Å². The summed E-state index contributed by atoms with van der Waals surface area (Å²) >= 11 is 0. The van der Waals surface area contributed by atoms with Crippen molar-refractivity contribution in [2.75, 3.05) is 4.72 Å². The number of nitrogens with two attached hydrogens (primary N) is 1. The second kappa shape index (κ2) is 6.71. The number of aromatic nitrogens is 2. The smallest absolute Gasteiger partial charge is 0.305 e. The predicted octanol–water partition coefficient (Wildman–Crippen LogP) is 1.06. The number of sulfonamides is 1. The highest BCUT2D eigenvalue weighted by Crippen LogP contribution is 2.16. The molecule has 1 atom stereocenters. The number of nitrogens with zero attached hydrogens (tertiary/aromatic N) is 2. The van der Waals surface area contributed by atoms with Crippen molar-refractivity contribution in [1.29, 1.82) is 0 Å². The number of aliphatic carboxylic acids is 1. The molecule has 2 rings (SSSR count). The lowest BCUT2D eigenvalue weighted by atomic mass is 10.1. The van der Waals surface area contributed by atoms with Crippen LogP contribution in [0.5, 0.6) is 0 Å². The molecule has 1 aromatic carbocycles. The minimum Gasteiger partial charge on any atom is -0.481 e.